The molecule has 0 fully saturated rings. The molecule has 2 nitrogen and oxygen atoms in total. The van der Waals surface area contributed by atoms with Gasteiger partial charge in [-0.25, -0.2) is 0 Å². The van der Waals surface area contributed by atoms with Crippen LogP contribution in [0, 0.1) is 0 Å². The Morgan fingerprint density at radius 3 is 2.57 bits per heavy atom. The molecule has 0 heterocycles. The molecule has 0 radical (unpaired) electrons. The van der Waals surface area contributed by atoms with Crippen LogP contribution in [0.5, 0.6) is 5.75 Å². The third-order valence-electron chi connectivity index (χ3n) is 1.97. The van der Waals surface area contributed by atoms with E-state index in [1.54, 1.807) is 6.08 Å². The maximum Gasteiger partial charge on any atom is 0.119 e. The number of aliphatic hydroxyl groups excluding tert-OH is 1. The second-order valence-electron chi connectivity index (χ2n) is 3.04. The van der Waals surface area contributed by atoms with Crippen LogP contribution in [-0.4, -0.2) is 11.7 Å². The molecule has 0 amide bonds. The maximum atomic E-state index is 9.63. The summed E-state index contributed by atoms with van der Waals surface area (Å²) in [5, 5.41) is 9.63. The van der Waals surface area contributed by atoms with Crippen molar-refractivity contribution in [1.82, 2.24) is 0 Å². The molecule has 76 valence electrons. The molecular formula is C12H16O2. The van der Waals surface area contributed by atoms with Gasteiger partial charge in [0.15, 0.2) is 0 Å². The number of ether oxygens (including phenoxy) is 1. The minimum atomic E-state index is -0.455. The van der Waals surface area contributed by atoms with Gasteiger partial charge >= 0.3 is 0 Å². The molecule has 0 bridgehead atoms. The highest BCUT2D eigenvalue weighted by atomic mass is 16.5. The number of hydrogen-bond acceptors (Lipinski definition) is 2. The van der Waals surface area contributed by atoms with E-state index in [9.17, 15) is 5.11 Å². The molecule has 2 heteroatoms. The normalized spacial score (nSPS) is 12.1. The van der Waals surface area contributed by atoms with Gasteiger partial charge in [-0.1, -0.05) is 18.2 Å². The van der Waals surface area contributed by atoms with E-state index in [2.05, 4.69) is 6.58 Å². The van der Waals surface area contributed by atoms with Crippen molar-refractivity contribution in [3.63, 3.8) is 0 Å². The van der Waals surface area contributed by atoms with Crippen molar-refractivity contribution in [1.29, 1.82) is 0 Å². The fourth-order valence-electron chi connectivity index (χ4n) is 1.25. The predicted octanol–water partition coefficient (Wildman–Crippen LogP) is 2.69. The zero-order valence-electron chi connectivity index (χ0n) is 8.44. The first kappa shape index (κ1) is 10.8. The van der Waals surface area contributed by atoms with E-state index in [-0.39, 0.29) is 0 Å². The molecule has 0 saturated carbocycles. The lowest BCUT2D eigenvalue weighted by atomic mass is 10.1. The van der Waals surface area contributed by atoms with Crippen LogP contribution in [0.3, 0.4) is 0 Å². The Labute approximate surface area is 84.8 Å². The molecule has 1 atom stereocenters. The van der Waals surface area contributed by atoms with Crippen LogP contribution in [0.25, 0.3) is 0 Å². The number of hydrogen-bond donors (Lipinski definition) is 1. The quantitative estimate of drug-likeness (QED) is 0.727. The van der Waals surface area contributed by atoms with Crippen molar-refractivity contribution in [2.24, 2.45) is 0 Å². The van der Waals surface area contributed by atoms with Gasteiger partial charge in [0.25, 0.3) is 0 Å². The summed E-state index contributed by atoms with van der Waals surface area (Å²) < 4.78 is 5.30. The summed E-state index contributed by atoms with van der Waals surface area (Å²) in [6, 6.07) is 7.48. The lowest BCUT2D eigenvalue weighted by Crippen LogP contribution is -1.96. The van der Waals surface area contributed by atoms with Crippen LogP contribution < -0.4 is 4.74 Å². The highest BCUT2D eigenvalue weighted by Crippen LogP contribution is 2.20. The molecule has 1 aromatic rings. The molecule has 1 N–H and O–H groups in total. The molecule has 0 spiro atoms. The van der Waals surface area contributed by atoms with Crippen molar-refractivity contribution in [3.05, 3.63) is 42.5 Å². The Bertz CT molecular complexity index is 277. The largest absolute Gasteiger partial charge is 0.494 e. The molecule has 0 unspecified atom stereocenters. The zero-order valence-corrected chi connectivity index (χ0v) is 8.44. The van der Waals surface area contributed by atoms with Gasteiger partial charge < -0.3 is 9.84 Å². The van der Waals surface area contributed by atoms with Crippen LogP contribution >= 0.6 is 0 Å². The van der Waals surface area contributed by atoms with Crippen molar-refractivity contribution in [3.8, 4) is 5.75 Å². The van der Waals surface area contributed by atoms with E-state index < -0.39 is 6.10 Å². The molecule has 0 aliphatic carbocycles. The standard InChI is InChI=1S/C12H16O2/c1-3-5-12(13)10-6-8-11(9-7-10)14-4-2/h3,6-9,12-13H,1,4-5H2,2H3/t12-/m1/s1. The van der Waals surface area contributed by atoms with Gasteiger partial charge in [-0.2, -0.15) is 0 Å². The van der Waals surface area contributed by atoms with Crippen molar-refractivity contribution in [2.75, 3.05) is 6.61 Å². The van der Waals surface area contributed by atoms with Gasteiger partial charge in [0.1, 0.15) is 5.75 Å². The van der Waals surface area contributed by atoms with Crippen molar-refractivity contribution < 1.29 is 9.84 Å². The Morgan fingerprint density at radius 2 is 2.07 bits per heavy atom. The lowest BCUT2D eigenvalue weighted by Gasteiger charge is -2.09. The SMILES string of the molecule is C=CC[C@@H](O)c1ccc(OCC)cc1. The van der Waals surface area contributed by atoms with Gasteiger partial charge in [0.2, 0.25) is 0 Å². The smallest absolute Gasteiger partial charge is 0.119 e. The van der Waals surface area contributed by atoms with Gasteiger partial charge in [-0.3, -0.25) is 0 Å². The highest BCUT2D eigenvalue weighted by molar-refractivity contribution is 5.28. The predicted molar refractivity (Wildman–Crippen MR) is 57.4 cm³/mol. The average molecular weight is 192 g/mol. The van der Waals surface area contributed by atoms with E-state index in [0.717, 1.165) is 11.3 Å². The van der Waals surface area contributed by atoms with E-state index in [1.807, 2.05) is 31.2 Å². The monoisotopic (exact) mass is 192 g/mol. The Balaban J connectivity index is 2.67. The highest BCUT2D eigenvalue weighted by Gasteiger charge is 2.04. The molecule has 0 saturated heterocycles. The second kappa shape index (κ2) is 5.45. The zero-order chi connectivity index (χ0) is 10.4. The van der Waals surface area contributed by atoms with Crippen LogP contribution in [0.15, 0.2) is 36.9 Å². The first-order valence-corrected chi connectivity index (χ1v) is 4.79. The molecule has 14 heavy (non-hydrogen) atoms. The van der Waals surface area contributed by atoms with E-state index in [0.29, 0.717) is 13.0 Å². The molecule has 0 aliphatic heterocycles. The minimum Gasteiger partial charge on any atom is -0.494 e. The summed E-state index contributed by atoms with van der Waals surface area (Å²) in [5.41, 5.74) is 0.897. The lowest BCUT2D eigenvalue weighted by molar-refractivity contribution is 0.181. The summed E-state index contributed by atoms with van der Waals surface area (Å²) in [6.45, 7) is 6.19. The Kier molecular flexibility index (Phi) is 4.20. The van der Waals surface area contributed by atoms with Crippen LogP contribution in [-0.2, 0) is 0 Å². The summed E-state index contributed by atoms with van der Waals surface area (Å²) in [4.78, 5) is 0. The molecule has 1 rings (SSSR count). The fraction of sp³-hybridized carbons (Fsp3) is 0.333. The number of benzene rings is 1. The Morgan fingerprint density at radius 1 is 1.43 bits per heavy atom. The summed E-state index contributed by atoms with van der Waals surface area (Å²) in [7, 11) is 0. The van der Waals surface area contributed by atoms with Gasteiger partial charge in [-0.05, 0) is 31.0 Å². The van der Waals surface area contributed by atoms with Crippen LogP contribution in [0.2, 0.25) is 0 Å². The van der Waals surface area contributed by atoms with Crippen molar-refractivity contribution in [2.45, 2.75) is 19.4 Å². The third-order valence-corrected chi connectivity index (χ3v) is 1.97. The fourth-order valence-corrected chi connectivity index (χ4v) is 1.25. The first-order chi connectivity index (χ1) is 6.77. The van der Waals surface area contributed by atoms with Gasteiger partial charge in [0, 0.05) is 0 Å². The number of aliphatic hydroxyl groups is 1. The first-order valence-electron chi connectivity index (χ1n) is 4.79. The summed E-state index contributed by atoms with van der Waals surface area (Å²) in [5.74, 6) is 0.835. The molecular weight excluding hydrogens is 176 g/mol. The summed E-state index contributed by atoms with van der Waals surface area (Å²) >= 11 is 0. The van der Waals surface area contributed by atoms with E-state index >= 15 is 0 Å². The topological polar surface area (TPSA) is 29.5 Å². The van der Waals surface area contributed by atoms with E-state index in [1.165, 1.54) is 0 Å². The molecule has 0 aliphatic rings. The van der Waals surface area contributed by atoms with Crippen LogP contribution in [0.1, 0.15) is 25.0 Å². The van der Waals surface area contributed by atoms with Gasteiger partial charge in [-0.15, -0.1) is 6.58 Å². The molecule has 1 aromatic carbocycles. The maximum absolute atomic E-state index is 9.63. The van der Waals surface area contributed by atoms with Gasteiger partial charge in [0.05, 0.1) is 12.7 Å². The van der Waals surface area contributed by atoms with Crippen molar-refractivity contribution >= 4 is 0 Å². The number of rotatable bonds is 5. The van der Waals surface area contributed by atoms with E-state index in [4.69, 9.17) is 4.74 Å². The van der Waals surface area contributed by atoms with Crippen LogP contribution in [0.4, 0.5) is 0 Å². The second-order valence-corrected chi connectivity index (χ2v) is 3.04. The minimum absolute atomic E-state index is 0.455. The Hall–Kier alpha value is -1.28. The molecule has 0 aromatic heterocycles. The summed E-state index contributed by atoms with van der Waals surface area (Å²) in [6.07, 6.45) is 1.83. The third kappa shape index (κ3) is 2.89. The average Bonchev–Trinajstić information content (AvgIpc) is 2.20.